The van der Waals surface area contributed by atoms with Gasteiger partial charge in [0.05, 0.1) is 18.8 Å². The van der Waals surface area contributed by atoms with E-state index in [1.807, 2.05) is 6.92 Å². The molecule has 0 amide bonds. The molecule has 2 rings (SSSR count). The average Bonchev–Trinajstić information content (AvgIpc) is 3.14. The lowest BCUT2D eigenvalue weighted by Crippen LogP contribution is -2.17. The largest absolute Gasteiger partial charge is 0.462 e. The Bertz CT molecular complexity index is 871. The molecule has 0 saturated carbocycles. The van der Waals surface area contributed by atoms with Crippen molar-refractivity contribution >= 4 is 40.0 Å². The van der Waals surface area contributed by atoms with Crippen LogP contribution in [0.15, 0.2) is 9.95 Å². The predicted molar refractivity (Wildman–Crippen MR) is 103 cm³/mol. The number of esters is 2. The van der Waals surface area contributed by atoms with Crippen molar-refractivity contribution in [2.45, 2.75) is 44.6 Å². The Labute approximate surface area is 164 Å². The molecule has 11 heteroatoms. The van der Waals surface area contributed by atoms with Gasteiger partial charge < -0.3 is 15.2 Å². The number of hydrogen-bond acceptors (Lipinski definition) is 9. The van der Waals surface area contributed by atoms with Gasteiger partial charge >= 0.3 is 17.6 Å². The Morgan fingerprint density at radius 1 is 1.22 bits per heavy atom. The summed E-state index contributed by atoms with van der Waals surface area (Å²) in [5, 5.41) is 7.08. The van der Waals surface area contributed by atoms with Crippen LogP contribution in [0.5, 0.6) is 0 Å². The van der Waals surface area contributed by atoms with Crippen molar-refractivity contribution in [2.75, 3.05) is 18.9 Å². The molecule has 0 radical (unpaired) electrons. The fourth-order valence-corrected chi connectivity index (χ4v) is 4.44. The van der Waals surface area contributed by atoms with Gasteiger partial charge in [0.15, 0.2) is 5.16 Å². The van der Waals surface area contributed by atoms with Crippen LogP contribution in [0.1, 0.15) is 52.8 Å². The maximum absolute atomic E-state index is 12.3. The van der Waals surface area contributed by atoms with Crippen molar-refractivity contribution in [1.29, 1.82) is 0 Å². The molecule has 3 N–H and O–H groups in total. The summed E-state index contributed by atoms with van der Waals surface area (Å²) in [5.41, 5.74) is 6.27. The molecular weight excluding hydrogens is 392 g/mol. The molecule has 2 aromatic rings. The second-order valence-corrected chi connectivity index (χ2v) is 7.34. The predicted octanol–water partition coefficient (Wildman–Crippen LogP) is 2.27. The van der Waals surface area contributed by atoms with Crippen molar-refractivity contribution < 1.29 is 19.1 Å². The standard InChI is InChI=1S/C16H22N4O5S2/c1-4-7-20-15(23)18-19-16(20)26-8-9-10(13(21)24-5-2)12(17)27-11(9)14(22)25-6-3/h4-8,17H2,1-3H3,(H,18,23). The minimum absolute atomic E-state index is 0.164. The smallest absolute Gasteiger partial charge is 0.348 e. The molecule has 27 heavy (non-hydrogen) atoms. The van der Waals surface area contributed by atoms with Crippen LogP contribution in [0.4, 0.5) is 5.00 Å². The topological polar surface area (TPSA) is 129 Å². The minimum Gasteiger partial charge on any atom is -0.462 e. The van der Waals surface area contributed by atoms with Gasteiger partial charge in [0.25, 0.3) is 0 Å². The molecule has 0 spiro atoms. The van der Waals surface area contributed by atoms with E-state index in [1.54, 1.807) is 13.8 Å². The molecule has 9 nitrogen and oxygen atoms in total. The number of nitrogens with zero attached hydrogens (tertiary/aromatic N) is 2. The number of H-pyrrole nitrogens is 1. The second kappa shape index (κ2) is 9.60. The van der Waals surface area contributed by atoms with Gasteiger partial charge in [-0.2, -0.15) is 0 Å². The molecular formula is C16H22N4O5S2. The number of rotatable bonds is 9. The maximum Gasteiger partial charge on any atom is 0.348 e. The summed E-state index contributed by atoms with van der Waals surface area (Å²) in [5.74, 6) is -0.928. The highest BCUT2D eigenvalue weighted by molar-refractivity contribution is 7.98. The molecule has 0 aliphatic carbocycles. The van der Waals surface area contributed by atoms with Crippen LogP contribution in [0.3, 0.4) is 0 Å². The molecule has 0 aliphatic rings. The van der Waals surface area contributed by atoms with E-state index in [4.69, 9.17) is 15.2 Å². The Balaban J connectivity index is 2.39. The van der Waals surface area contributed by atoms with Gasteiger partial charge in [0.1, 0.15) is 9.88 Å². The number of nitrogen functional groups attached to an aromatic ring is 1. The number of nitrogens with one attached hydrogen (secondary N) is 1. The molecule has 0 atom stereocenters. The number of aromatic nitrogens is 3. The number of carbonyl (C=O) groups is 2. The van der Waals surface area contributed by atoms with Gasteiger partial charge in [-0.05, 0) is 20.3 Å². The van der Waals surface area contributed by atoms with Crippen molar-refractivity contribution in [3.8, 4) is 0 Å². The van der Waals surface area contributed by atoms with E-state index in [2.05, 4.69) is 10.2 Å². The fraction of sp³-hybridized carbons (Fsp3) is 0.500. The van der Waals surface area contributed by atoms with E-state index in [0.717, 1.165) is 17.8 Å². The molecule has 2 aromatic heterocycles. The molecule has 0 unspecified atom stereocenters. The molecule has 148 valence electrons. The number of thioether (sulfide) groups is 1. The zero-order valence-electron chi connectivity index (χ0n) is 15.4. The van der Waals surface area contributed by atoms with Gasteiger partial charge in [-0.15, -0.1) is 16.4 Å². The third-order valence-corrected chi connectivity index (χ3v) is 5.53. The Morgan fingerprint density at radius 3 is 2.52 bits per heavy atom. The number of hydrogen-bond donors (Lipinski definition) is 2. The quantitative estimate of drug-likeness (QED) is 0.472. The van der Waals surface area contributed by atoms with E-state index in [0.29, 0.717) is 17.3 Å². The average molecular weight is 415 g/mol. The van der Waals surface area contributed by atoms with Crippen LogP contribution in [0.25, 0.3) is 0 Å². The van der Waals surface area contributed by atoms with Crippen LogP contribution in [-0.4, -0.2) is 39.9 Å². The second-order valence-electron chi connectivity index (χ2n) is 5.34. The summed E-state index contributed by atoms with van der Waals surface area (Å²) >= 11 is 2.22. The zero-order valence-corrected chi connectivity index (χ0v) is 17.0. The highest BCUT2D eigenvalue weighted by atomic mass is 32.2. The first kappa shape index (κ1) is 21.0. The SMILES string of the molecule is CCCn1c(SCc2c(C(=O)OCC)sc(N)c2C(=O)OCC)n[nH]c1=O. The summed E-state index contributed by atoms with van der Waals surface area (Å²) in [7, 11) is 0. The first-order valence-corrected chi connectivity index (χ1v) is 10.3. The van der Waals surface area contributed by atoms with Crippen LogP contribution in [0.2, 0.25) is 0 Å². The van der Waals surface area contributed by atoms with Crippen molar-refractivity contribution in [2.24, 2.45) is 0 Å². The first-order chi connectivity index (χ1) is 12.9. The third-order valence-electron chi connectivity index (χ3n) is 3.49. The summed E-state index contributed by atoms with van der Waals surface area (Å²) in [6.45, 7) is 6.24. The van der Waals surface area contributed by atoms with Gasteiger partial charge in [0.2, 0.25) is 0 Å². The van der Waals surface area contributed by atoms with E-state index in [9.17, 15) is 14.4 Å². The highest BCUT2D eigenvalue weighted by Crippen LogP contribution is 2.36. The Kier molecular flexibility index (Phi) is 7.48. The number of thiophene rings is 1. The Hall–Kier alpha value is -2.27. The van der Waals surface area contributed by atoms with Crippen LogP contribution < -0.4 is 11.4 Å². The lowest BCUT2D eigenvalue weighted by molar-refractivity contribution is 0.0527. The van der Waals surface area contributed by atoms with Gasteiger partial charge in [-0.1, -0.05) is 18.7 Å². The highest BCUT2D eigenvalue weighted by Gasteiger charge is 2.28. The third kappa shape index (κ3) is 4.72. The van der Waals surface area contributed by atoms with Gasteiger partial charge in [0, 0.05) is 17.9 Å². The molecule has 0 fully saturated rings. The molecule has 0 saturated heterocycles. The fourth-order valence-electron chi connectivity index (χ4n) is 2.38. The first-order valence-electron chi connectivity index (χ1n) is 8.47. The van der Waals surface area contributed by atoms with Gasteiger partial charge in [-0.3, -0.25) is 4.57 Å². The van der Waals surface area contributed by atoms with Crippen molar-refractivity contribution in [3.05, 3.63) is 26.5 Å². The number of aromatic amines is 1. The summed E-state index contributed by atoms with van der Waals surface area (Å²) in [6, 6.07) is 0. The summed E-state index contributed by atoms with van der Waals surface area (Å²) in [6.07, 6.45) is 0.764. The minimum atomic E-state index is -0.592. The van der Waals surface area contributed by atoms with Gasteiger partial charge in [-0.25, -0.2) is 19.5 Å². The molecule has 0 aliphatic heterocycles. The normalized spacial score (nSPS) is 10.8. The van der Waals surface area contributed by atoms with Crippen molar-refractivity contribution in [1.82, 2.24) is 14.8 Å². The Morgan fingerprint density at radius 2 is 1.89 bits per heavy atom. The monoisotopic (exact) mass is 414 g/mol. The number of carbonyl (C=O) groups excluding carboxylic acids is 2. The molecule has 2 heterocycles. The zero-order chi connectivity index (χ0) is 20.0. The van der Waals surface area contributed by atoms with Crippen molar-refractivity contribution in [3.63, 3.8) is 0 Å². The number of ether oxygens (including phenoxy) is 2. The van der Waals surface area contributed by atoms with E-state index in [1.165, 1.54) is 16.3 Å². The van der Waals surface area contributed by atoms with E-state index >= 15 is 0 Å². The van der Waals surface area contributed by atoms with Crippen LogP contribution in [0, 0.1) is 0 Å². The van der Waals surface area contributed by atoms with E-state index < -0.39 is 11.9 Å². The summed E-state index contributed by atoms with van der Waals surface area (Å²) in [4.78, 5) is 36.7. The van der Waals surface area contributed by atoms with Crippen LogP contribution >= 0.6 is 23.1 Å². The maximum atomic E-state index is 12.3. The molecule has 0 aromatic carbocycles. The van der Waals surface area contributed by atoms with Crippen LogP contribution in [-0.2, 0) is 21.8 Å². The number of nitrogens with two attached hydrogens (primary N) is 1. The number of anilines is 1. The lowest BCUT2D eigenvalue weighted by atomic mass is 10.1. The van der Waals surface area contributed by atoms with E-state index in [-0.39, 0.29) is 40.1 Å². The summed E-state index contributed by atoms with van der Waals surface area (Å²) < 4.78 is 11.7. The molecule has 0 bridgehead atoms. The lowest BCUT2D eigenvalue weighted by Gasteiger charge is -2.08.